The second-order valence-corrected chi connectivity index (χ2v) is 3.63. The Labute approximate surface area is 94.5 Å². The van der Waals surface area contributed by atoms with E-state index in [4.69, 9.17) is 0 Å². The fraction of sp³-hybridized carbons (Fsp3) is 0.364. The van der Waals surface area contributed by atoms with Crippen LogP contribution in [0.2, 0.25) is 0 Å². The van der Waals surface area contributed by atoms with Crippen molar-refractivity contribution >= 4 is 5.95 Å². The molecule has 0 bridgehead atoms. The molecule has 84 valence electrons. The third-order valence-corrected chi connectivity index (χ3v) is 2.12. The Bertz CT molecular complexity index is 463. The quantitative estimate of drug-likeness (QED) is 0.848. The highest BCUT2D eigenvalue weighted by molar-refractivity contribution is 5.31. The molecule has 0 saturated carbocycles. The van der Waals surface area contributed by atoms with Gasteiger partial charge in [-0.15, -0.1) is 0 Å². The van der Waals surface area contributed by atoms with Gasteiger partial charge in [0.15, 0.2) is 5.82 Å². The average Bonchev–Trinajstić information content (AvgIpc) is 2.74. The SMILES string of the molecule is CCCNc1nccc(-n2cc(C)cn2)n1. The Balaban J connectivity index is 2.22. The minimum atomic E-state index is 0.646. The van der Waals surface area contributed by atoms with Crippen LogP contribution in [-0.4, -0.2) is 26.3 Å². The van der Waals surface area contributed by atoms with Gasteiger partial charge in [0.2, 0.25) is 5.95 Å². The molecule has 1 N–H and O–H groups in total. The summed E-state index contributed by atoms with van der Waals surface area (Å²) in [4.78, 5) is 8.52. The van der Waals surface area contributed by atoms with Gasteiger partial charge in [-0.1, -0.05) is 6.92 Å². The molecule has 0 unspecified atom stereocenters. The van der Waals surface area contributed by atoms with Crippen LogP contribution in [0.3, 0.4) is 0 Å². The second-order valence-electron chi connectivity index (χ2n) is 3.63. The van der Waals surface area contributed by atoms with Crippen LogP contribution in [0, 0.1) is 6.92 Å². The number of aryl methyl sites for hydroxylation is 1. The summed E-state index contributed by atoms with van der Waals surface area (Å²) in [6.07, 6.45) is 6.53. The van der Waals surface area contributed by atoms with Gasteiger partial charge in [-0.3, -0.25) is 0 Å². The summed E-state index contributed by atoms with van der Waals surface area (Å²) >= 11 is 0. The minimum absolute atomic E-state index is 0.646. The van der Waals surface area contributed by atoms with E-state index in [9.17, 15) is 0 Å². The van der Waals surface area contributed by atoms with Crippen molar-refractivity contribution in [1.29, 1.82) is 0 Å². The summed E-state index contributed by atoms with van der Waals surface area (Å²) in [5.74, 6) is 1.43. The number of hydrogen-bond acceptors (Lipinski definition) is 4. The van der Waals surface area contributed by atoms with Gasteiger partial charge in [0.05, 0.1) is 6.20 Å². The van der Waals surface area contributed by atoms with Crippen LogP contribution in [0.15, 0.2) is 24.7 Å². The summed E-state index contributed by atoms with van der Waals surface area (Å²) in [5.41, 5.74) is 1.11. The van der Waals surface area contributed by atoms with E-state index in [-0.39, 0.29) is 0 Å². The Morgan fingerprint density at radius 3 is 3.00 bits per heavy atom. The lowest BCUT2D eigenvalue weighted by molar-refractivity contribution is 0.836. The maximum Gasteiger partial charge on any atom is 0.224 e. The Morgan fingerprint density at radius 1 is 1.44 bits per heavy atom. The summed E-state index contributed by atoms with van der Waals surface area (Å²) in [7, 11) is 0. The minimum Gasteiger partial charge on any atom is -0.354 e. The molecule has 0 saturated heterocycles. The van der Waals surface area contributed by atoms with Gasteiger partial charge in [-0.2, -0.15) is 10.1 Å². The van der Waals surface area contributed by atoms with Crippen LogP contribution in [0.4, 0.5) is 5.95 Å². The predicted molar refractivity (Wildman–Crippen MR) is 62.7 cm³/mol. The first-order valence-corrected chi connectivity index (χ1v) is 5.38. The highest BCUT2D eigenvalue weighted by Crippen LogP contribution is 2.06. The van der Waals surface area contributed by atoms with E-state index in [1.807, 2.05) is 19.2 Å². The van der Waals surface area contributed by atoms with E-state index in [1.165, 1.54) is 0 Å². The summed E-state index contributed by atoms with van der Waals surface area (Å²) in [5, 5.41) is 7.35. The lowest BCUT2D eigenvalue weighted by Crippen LogP contribution is -2.06. The monoisotopic (exact) mass is 217 g/mol. The highest BCUT2D eigenvalue weighted by Gasteiger charge is 2.01. The molecule has 2 heterocycles. The fourth-order valence-corrected chi connectivity index (χ4v) is 1.34. The number of hydrogen-bond donors (Lipinski definition) is 1. The molecular weight excluding hydrogens is 202 g/mol. The molecule has 16 heavy (non-hydrogen) atoms. The van der Waals surface area contributed by atoms with Crippen molar-refractivity contribution in [3.05, 3.63) is 30.2 Å². The van der Waals surface area contributed by atoms with E-state index < -0.39 is 0 Å². The molecule has 0 aliphatic carbocycles. The number of rotatable bonds is 4. The largest absolute Gasteiger partial charge is 0.354 e. The molecular formula is C11H15N5. The van der Waals surface area contributed by atoms with Crippen LogP contribution >= 0.6 is 0 Å². The Kier molecular flexibility index (Phi) is 3.14. The van der Waals surface area contributed by atoms with E-state index in [1.54, 1.807) is 17.1 Å². The topological polar surface area (TPSA) is 55.6 Å². The molecule has 0 amide bonds. The second kappa shape index (κ2) is 4.74. The molecule has 0 radical (unpaired) electrons. The van der Waals surface area contributed by atoms with Gasteiger partial charge in [-0.25, -0.2) is 9.67 Å². The molecule has 5 nitrogen and oxygen atoms in total. The van der Waals surface area contributed by atoms with Crippen LogP contribution < -0.4 is 5.32 Å². The van der Waals surface area contributed by atoms with Crippen molar-refractivity contribution in [2.45, 2.75) is 20.3 Å². The van der Waals surface area contributed by atoms with Crippen molar-refractivity contribution in [3.8, 4) is 5.82 Å². The van der Waals surface area contributed by atoms with Crippen LogP contribution in [0.25, 0.3) is 5.82 Å². The third kappa shape index (κ3) is 2.36. The molecule has 2 rings (SSSR count). The Morgan fingerprint density at radius 2 is 2.31 bits per heavy atom. The standard InChI is InChI=1S/C11H15N5/c1-3-5-12-11-13-6-4-10(15-11)16-8-9(2)7-14-16/h4,6-8H,3,5H2,1-2H3,(H,12,13,15). The van der Waals surface area contributed by atoms with Gasteiger partial charge in [0.25, 0.3) is 0 Å². The van der Waals surface area contributed by atoms with Gasteiger partial charge in [0.1, 0.15) is 0 Å². The van der Waals surface area contributed by atoms with E-state index in [2.05, 4.69) is 27.3 Å². The zero-order valence-corrected chi connectivity index (χ0v) is 9.51. The normalized spacial score (nSPS) is 10.4. The molecule has 0 atom stereocenters. The summed E-state index contributed by atoms with van der Waals surface area (Å²) in [6.45, 7) is 4.98. The number of nitrogens with one attached hydrogen (secondary N) is 1. The van der Waals surface area contributed by atoms with Gasteiger partial charge in [-0.05, 0) is 18.9 Å². The van der Waals surface area contributed by atoms with Crippen LogP contribution in [0.1, 0.15) is 18.9 Å². The molecule has 2 aromatic rings. The van der Waals surface area contributed by atoms with Crippen LogP contribution in [0.5, 0.6) is 0 Å². The van der Waals surface area contributed by atoms with Gasteiger partial charge >= 0.3 is 0 Å². The summed E-state index contributed by atoms with van der Waals surface area (Å²) < 4.78 is 1.74. The van der Waals surface area contributed by atoms with E-state index >= 15 is 0 Å². The zero-order chi connectivity index (χ0) is 11.4. The smallest absolute Gasteiger partial charge is 0.224 e. The molecule has 0 fully saturated rings. The average molecular weight is 217 g/mol. The van der Waals surface area contributed by atoms with Gasteiger partial charge < -0.3 is 5.32 Å². The van der Waals surface area contributed by atoms with E-state index in [0.29, 0.717) is 5.95 Å². The molecule has 5 heteroatoms. The highest BCUT2D eigenvalue weighted by atomic mass is 15.3. The van der Waals surface area contributed by atoms with Gasteiger partial charge in [0, 0.05) is 25.0 Å². The summed E-state index contributed by atoms with van der Waals surface area (Å²) in [6, 6.07) is 1.84. The van der Waals surface area contributed by atoms with Crippen molar-refractivity contribution in [1.82, 2.24) is 19.7 Å². The number of nitrogens with zero attached hydrogens (tertiary/aromatic N) is 4. The molecule has 0 aromatic carbocycles. The zero-order valence-electron chi connectivity index (χ0n) is 9.51. The first kappa shape index (κ1) is 10.6. The first-order chi connectivity index (χ1) is 7.79. The maximum absolute atomic E-state index is 4.37. The third-order valence-electron chi connectivity index (χ3n) is 2.12. The predicted octanol–water partition coefficient (Wildman–Crippen LogP) is 1.79. The maximum atomic E-state index is 4.37. The van der Waals surface area contributed by atoms with Crippen molar-refractivity contribution in [3.63, 3.8) is 0 Å². The molecule has 0 aliphatic rings. The van der Waals surface area contributed by atoms with Crippen molar-refractivity contribution < 1.29 is 0 Å². The lowest BCUT2D eigenvalue weighted by Gasteiger charge is -2.04. The first-order valence-electron chi connectivity index (χ1n) is 5.38. The molecule has 0 spiro atoms. The van der Waals surface area contributed by atoms with Crippen molar-refractivity contribution in [2.75, 3.05) is 11.9 Å². The number of anilines is 1. The Hall–Kier alpha value is -1.91. The lowest BCUT2D eigenvalue weighted by atomic mass is 10.4. The molecule has 2 aromatic heterocycles. The fourth-order valence-electron chi connectivity index (χ4n) is 1.34. The number of aromatic nitrogens is 4. The van der Waals surface area contributed by atoms with Crippen LogP contribution in [-0.2, 0) is 0 Å². The van der Waals surface area contributed by atoms with E-state index in [0.717, 1.165) is 24.3 Å². The molecule has 0 aliphatic heterocycles. The van der Waals surface area contributed by atoms with Crippen molar-refractivity contribution in [2.24, 2.45) is 0 Å².